The van der Waals surface area contributed by atoms with Crippen LogP contribution in [0.2, 0.25) is 0 Å². The molecule has 0 bridgehead atoms. The highest BCUT2D eigenvalue weighted by Gasteiger charge is 2.15. The summed E-state index contributed by atoms with van der Waals surface area (Å²) in [5, 5.41) is 3.05. The van der Waals surface area contributed by atoms with Gasteiger partial charge in [-0.15, -0.1) is 0 Å². The maximum atomic E-state index is 11.8. The van der Waals surface area contributed by atoms with E-state index in [4.69, 9.17) is 4.74 Å². The van der Waals surface area contributed by atoms with Crippen LogP contribution in [0.25, 0.3) is 0 Å². The van der Waals surface area contributed by atoms with Crippen LogP contribution in [0.1, 0.15) is 37.7 Å². The fraction of sp³-hybridized carbons (Fsp3) is 0.533. The van der Waals surface area contributed by atoms with Crippen molar-refractivity contribution >= 4 is 21.8 Å². The Balaban J connectivity index is 1.81. The standard InChI is InChI=1S/C15H20BrNO2/c1-11-7-8-12(16)9-14(11)19-10-15(18)17-13-5-3-2-4-6-13/h7-9,13H,2-6,10H2,1H3,(H,17,18). The number of carbonyl (C=O) groups excluding carboxylic acids is 1. The highest BCUT2D eigenvalue weighted by molar-refractivity contribution is 9.10. The Morgan fingerprint density at radius 3 is 2.84 bits per heavy atom. The molecule has 4 heteroatoms. The summed E-state index contributed by atoms with van der Waals surface area (Å²) in [6.07, 6.45) is 5.93. The zero-order valence-corrected chi connectivity index (χ0v) is 12.8. The molecule has 0 heterocycles. The van der Waals surface area contributed by atoms with Crippen LogP contribution in [-0.2, 0) is 4.79 Å². The Hall–Kier alpha value is -1.03. The normalized spacial score (nSPS) is 16.1. The summed E-state index contributed by atoms with van der Waals surface area (Å²) < 4.78 is 6.54. The molecule has 0 aliphatic heterocycles. The Morgan fingerprint density at radius 1 is 1.37 bits per heavy atom. The molecule has 0 aromatic heterocycles. The van der Waals surface area contributed by atoms with E-state index in [9.17, 15) is 4.79 Å². The molecule has 1 fully saturated rings. The summed E-state index contributed by atoms with van der Waals surface area (Å²) in [5.41, 5.74) is 1.04. The predicted octanol–water partition coefficient (Wildman–Crippen LogP) is 3.59. The Labute approximate surface area is 122 Å². The first-order chi connectivity index (χ1) is 9.15. The number of benzene rings is 1. The van der Waals surface area contributed by atoms with Crippen LogP contribution in [0.3, 0.4) is 0 Å². The first-order valence-electron chi connectivity index (χ1n) is 6.83. The van der Waals surface area contributed by atoms with E-state index in [0.29, 0.717) is 6.04 Å². The van der Waals surface area contributed by atoms with Crippen LogP contribution in [0.5, 0.6) is 5.75 Å². The van der Waals surface area contributed by atoms with Gasteiger partial charge in [0.15, 0.2) is 6.61 Å². The van der Waals surface area contributed by atoms with Gasteiger partial charge in [-0.2, -0.15) is 0 Å². The lowest BCUT2D eigenvalue weighted by molar-refractivity contribution is -0.124. The topological polar surface area (TPSA) is 38.3 Å². The first-order valence-corrected chi connectivity index (χ1v) is 7.63. The number of carbonyl (C=O) groups is 1. The molecule has 1 N–H and O–H groups in total. The lowest BCUT2D eigenvalue weighted by Gasteiger charge is -2.22. The molecule has 0 atom stereocenters. The molecular weight excluding hydrogens is 306 g/mol. The minimum Gasteiger partial charge on any atom is -0.483 e. The van der Waals surface area contributed by atoms with Crippen molar-refractivity contribution in [3.63, 3.8) is 0 Å². The fourth-order valence-corrected chi connectivity index (χ4v) is 2.73. The number of hydrogen-bond acceptors (Lipinski definition) is 2. The zero-order chi connectivity index (χ0) is 13.7. The van der Waals surface area contributed by atoms with Crippen molar-refractivity contribution in [2.45, 2.75) is 45.1 Å². The molecule has 0 spiro atoms. The van der Waals surface area contributed by atoms with E-state index in [1.54, 1.807) is 0 Å². The van der Waals surface area contributed by atoms with Crippen LogP contribution < -0.4 is 10.1 Å². The van der Waals surface area contributed by atoms with Gasteiger partial charge in [-0.1, -0.05) is 41.3 Å². The van der Waals surface area contributed by atoms with E-state index < -0.39 is 0 Å². The number of ether oxygens (including phenoxy) is 1. The van der Waals surface area contributed by atoms with Crippen molar-refractivity contribution in [3.8, 4) is 5.75 Å². The predicted molar refractivity (Wildman–Crippen MR) is 79.4 cm³/mol. The zero-order valence-electron chi connectivity index (χ0n) is 11.2. The number of aryl methyl sites for hydroxylation is 1. The number of nitrogens with one attached hydrogen (secondary N) is 1. The van der Waals surface area contributed by atoms with Gasteiger partial charge in [-0.25, -0.2) is 0 Å². The van der Waals surface area contributed by atoms with Crippen molar-refractivity contribution in [1.82, 2.24) is 5.32 Å². The molecule has 3 nitrogen and oxygen atoms in total. The van der Waals surface area contributed by atoms with E-state index in [0.717, 1.165) is 28.6 Å². The summed E-state index contributed by atoms with van der Waals surface area (Å²) in [7, 11) is 0. The average Bonchev–Trinajstić information content (AvgIpc) is 2.41. The van der Waals surface area contributed by atoms with Crippen molar-refractivity contribution in [2.24, 2.45) is 0 Å². The van der Waals surface area contributed by atoms with Crippen LogP contribution in [0.15, 0.2) is 22.7 Å². The second-order valence-corrected chi connectivity index (χ2v) is 6.02. The maximum Gasteiger partial charge on any atom is 0.258 e. The molecule has 1 aliphatic carbocycles. The number of rotatable bonds is 4. The number of amides is 1. The molecule has 0 saturated heterocycles. The van der Waals surface area contributed by atoms with Gasteiger partial charge < -0.3 is 10.1 Å². The van der Waals surface area contributed by atoms with Crippen molar-refractivity contribution in [1.29, 1.82) is 0 Å². The molecular formula is C15H20BrNO2. The van der Waals surface area contributed by atoms with E-state index in [2.05, 4.69) is 21.2 Å². The van der Waals surface area contributed by atoms with Gasteiger partial charge in [0.1, 0.15) is 5.75 Å². The first kappa shape index (κ1) is 14.4. The van der Waals surface area contributed by atoms with Crippen LogP contribution in [0.4, 0.5) is 0 Å². The molecule has 0 radical (unpaired) electrons. The van der Waals surface area contributed by atoms with Gasteiger partial charge in [-0.05, 0) is 37.5 Å². The summed E-state index contributed by atoms with van der Waals surface area (Å²) in [6, 6.07) is 6.17. The third kappa shape index (κ3) is 4.53. The summed E-state index contributed by atoms with van der Waals surface area (Å²) in [4.78, 5) is 11.8. The van der Waals surface area contributed by atoms with E-state index in [1.165, 1.54) is 19.3 Å². The summed E-state index contributed by atoms with van der Waals surface area (Å²) in [6.45, 7) is 2.06. The lowest BCUT2D eigenvalue weighted by Crippen LogP contribution is -2.39. The maximum absolute atomic E-state index is 11.8. The van der Waals surface area contributed by atoms with Gasteiger partial charge >= 0.3 is 0 Å². The Bertz CT molecular complexity index is 442. The van der Waals surface area contributed by atoms with Gasteiger partial charge in [-0.3, -0.25) is 4.79 Å². The smallest absolute Gasteiger partial charge is 0.258 e. The molecule has 104 valence electrons. The highest BCUT2D eigenvalue weighted by Crippen LogP contribution is 2.23. The molecule has 1 amide bonds. The Morgan fingerprint density at radius 2 is 2.11 bits per heavy atom. The monoisotopic (exact) mass is 325 g/mol. The van der Waals surface area contributed by atoms with Crippen LogP contribution in [0, 0.1) is 6.92 Å². The highest BCUT2D eigenvalue weighted by atomic mass is 79.9. The molecule has 1 aromatic rings. The SMILES string of the molecule is Cc1ccc(Br)cc1OCC(=O)NC1CCCCC1. The molecule has 1 aromatic carbocycles. The second kappa shape index (κ2) is 6.94. The third-order valence-corrected chi connectivity index (χ3v) is 3.97. The summed E-state index contributed by atoms with van der Waals surface area (Å²) >= 11 is 3.40. The molecule has 2 rings (SSSR count). The van der Waals surface area contributed by atoms with E-state index in [1.807, 2.05) is 25.1 Å². The van der Waals surface area contributed by atoms with Crippen LogP contribution >= 0.6 is 15.9 Å². The lowest BCUT2D eigenvalue weighted by atomic mass is 9.95. The van der Waals surface area contributed by atoms with Gasteiger partial charge in [0, 0.05) is 10.5 Å². The largest absolute Gasteiger partial charge is 0.483 e. The van der Waals surface area contributed by atoms with Gasteiger partial charge in [0.2, 0.25) is 0 Å². The van der Waals surface area contributed by atoms with Gasteiger partial charge in [0.25, 0.3) is 5.91 Å². The molecule has 1 saturated carbocycles. The number of halogens is 1. The minimum absolute atomic E-state index is 0.0220. The van der Waals surface area contributed by atoms with Gasteiger partial charge in [0.05, 0.1) is 0 Å². The van der Waals surface area contributed by atoms with E-state index >= 15 is 0 Å². The second-order valence-electron chi connectivity index (χ2n) is 5.10. The molecule has 0 unspecified atom stereocenters. The average molecular weight is 326 g/mol. The van der Waals surface area contributed by atoms with Crippen molar-refractivity contribution in [3.05, 3.63) is 28.2 Å². The minimum atomic E-state index is -0.0220. The number of hydrogen-bond donors (Lipinski definition) is 1. The Kier molecular flexibility index (Phi) is 5.25. The quantitative estimate of drug-likeness (QED) is 0.918. The van der Waals surface area contributed by atoms with Crippen LogP contribution in [-0.4, -0.2) is 18.6 Å². The van der Waals surface area contributed by atoms with E-state index in [-0.39, 0.29) is 12.5 Å². The van der Waals surface area contributed by atoms with Crippen molar-refractivity contribution in [2.75, 3.05) is 6.61 Å². The third-order valence-electron chi connectivity index (χ3n) is 3.48. The summed E-state index contributed by atoms with van der Waals surface area (Å²) in [5.74, 6) is 0.736. The molecule has 19 heavy (non-hydrogen) atoms. The van der Waals surface area contributed by atoms with Crippen molar-refractivity contribution < 1.29 is 9.53 Å². The fourth-order valence-electron chi connectivity index (χ4n) is 2.39. The molecule has 1 aliphatic rings.